The fourth-order valence-corrected chi connectivity index (χ4v) is 2.62. The number of aliphatic hydroxyl groups excluding tert-OH is 2. The standard InChI is InChI=1S/C20H30O4/c1-15(2)6-4-9-18-13-19(24-20(18)23)12-16(3)7-5-8-17(14-22)10-11-21/h6-7,10,13,19,21-22H,4-5,8-9,11-12,14H2,1-3H3. The summed E-state index contributed by atoms with van der Waals surface area (Å²) in [5.41, 5.74) is 4.04. The molecule has 1 unspecified atom stereocenters. The Morgan fingerprint density at radius 1 is 1.17 bits per heavy atom. The Labute approximate surface area is 145 Å². The lowest BCUT2D eigenvalue weighted by Gasteiger charge is -2.08. The summed E-state index contributed by atoms with van der Waals surface area (Å²) in [6.07, 6.45) is 11.5. The van der Waals surface area contributed by atoms with Crippen LogP contribution in [0.2, 0.25) is 0 Å². The predicted molar refractivity (Wildman–Crippen MR) is 96.5 cm³/mol. The zero-order chi connectivity index (χ0) is 17.9. The maximum absolute atomic E-state index is 11.9. The van der Waals surface area contributed by atoms with Gasteiger partial charge in [-0.15, -0.1) is 0 Å². The van der Waals surface area contributed by atoms with Gasteiger partial charge in [-0.05, 0) is 58.1 Å². The molecule has 0 radical (unpaired) electrons. The summed E-state index contributed by atoms with van der Waals surface area (Å²) in [4.78, 5) is 11.9. The number of carbonyl (C=O) groups is 1. The van der Waals surface area contributed by atoms with E-state index < -0.39 is 0 Å². The number of ether oxygens (including phenoxy) is 1. The highest BCUT2D eigenvalue weighted by atomic mass is 16.5. The summed E-state index contributed by atoms with van der Waals surface area (Å²) >= 11 is 0. The summed E-state index contributed by atoms with van der Waals surface area (Å²) in [7, 11) is 0. The molecule has 134 valence electrons. The molecule has 0 aromatic heterocycles. The first-order chi connectivity index (χ1) is 11.5. The van der Waals surface area contributed by atoms with Gasteiger partial charge in [0.25, 0.3) is 0 Å². The van der Waals surface area contributed by atoms with Gasteiger partial charge < -0.3 is 14.9 Å². The molecule has 2 N–H and O–H groups in total. The fourth-order valence-electron chi connectivity index (χ4n) is 2.62. The molecule has 1 aliphatic heterocycles. The molecule has 0 saturated carbocycles. The summed E-state index contributed by atoms with van der Waals surface area (Å²) in [5, 5.41) is 18.0. The predicted octanol–water partition coefficient (Wildman–Crippen LogP) is 3.61. The van der Waals surface area contributed by atoms with Crippen molar-refractivity contribution in [3.8, 4) is 0 Å². The van der Waals surface area contributed by atoms with E-state index >= 15 is 0 Å². The van der Waals surface area contributed by atoms with E-state index in [1.807, 2.05) is 13.0 Å². The van der Waals surface area contributed by atoms with Crippen molar-refractivity contribution >= 4 is 5.97 Å². The number of hydrogen-bond acceptors (Lipinski definition) is 4. The van der Waals surface area contributed by atoms with Gasteiger partial charge in [-0.2, -0.15) is 0 Å². The molecule has 0 saturated heterocycles. The Kier molecular flexibility index (Phi) is 9.35. The van der Waals surface area contributed by atoms with Gasteiger partial charge in [0, 0.05) is 12.0 Å². The van der Waals surface area contributed by atoms with Gasteiger partial charge in [-0.3, -0.25) is 0 Å². The summed E-state index contributed by atoms with van der Waals surface area (Å²) in [5.74, 6) is -0.191. The topological polar surface area (TPSA) is 66.8 Å². The molecule has 4 heteroatoms. The van der Waals surface area contributed by atoms with Crippen LogP contribution in [0, 0.1) is 0 Å². The highest BCUT2D eigenvalue weighted by Crippen LogP contribution is 2.23. The van der Waals surface area contributed by atoms with Crippen LogP contribution in [0.1, 0.15) is 52.9 Å². The van der Waals surface area contributed by atoms with Crippen molar-refractivity contribution in [3.05, 3.63) is 46.6 Å². The number of aliphatic hydroxyl groups is 2. The van der Waals surface area contributed by atoms with Gasteiger partial charge in [-0.1, -0.05) is 29.4 Å². The zero-order valence-corrected chi connectivity index (χ0v) is 15.0. The number of rotatable bonds is 10. The molecule has 0 aromatic rings. The smallest absolute Gasteiger partial charge is 0.334 e. The SMILES string of the molecule is CC(C)=CCCC1=CC(CC(C)=CCCC(=CCO)CO)OC1=O. The molecule has 0 aromatic carbocycles. The molecule has 1 rings (SSSR count). The van der Waals surface area contributed by atoms with E-state index in [2.05, 4.69) is 26.0 Å². The van der Waals surface area contributed by atoms with Crippen molar-refractivity contribution < 1.29 is 19.7 Å². The average molecular weight is 334 g/mol. The molecular formula is C20H30O4. The quantitative estimate of drug-likeness (QED) is 0.473. The molecule has 0 bridgehead atoms. The van der Waals surface area contributed by atoms with Crippen LogP contribution in [-0.2, 0) is 9.53 Å². The van der Waals surface area contributed by atoms with E-state index in [0.717, 1.165) is 42.4 Å². The normalized spacial score (nSPS) is 18.5. The molecular weight excluding hydrogens is 304 g/mol. The van der Waals surface area contributed by atoms with Gasteiger partial charge in [0.2, 0.25) is 0 Å². The van der Waals surface area contributed by atoms with E-state index in [4.69, 9.17) is 14.9 Å². The molecule has 1 atom stereocenters. The monoisotopic (exact) mass is 334 g/mol. The lowest BCUT2D eigenvalue weighted by Crippen LogP contribution is -2.08. The van der Waals surface area contributed by atoms with E-state index in [1.54, 1.807) is 6.08 Å². The molecule has 1 aliphatic rings. The van der Waals surface area contributed by atoms with Crippen LogP contribution in [0.25, 0.3) is 0 Å². The van der Waals surface area contributed by atoms with Gasteiger partial charge >= 0.3 is 5.97 Å². The third-order valence-corrected chi connectivity index (χ3v) is 3.94. The van der Waals surface area contributed by atoms with Crippen LogP contribution in [0.15, 0.2) is 46.6 Å². The van der Waals surface area contributed by atoms with Crippen LogP contribution in [-0.4, -0.2) is 35.5 Å². The number of allylic oxidation sites excluding steroid dienone is 3. The van der Waals surface area contributed by atoms with E-state index in [-0.39, 0.29) is 25.3 Å². The van der Waals surface area contributed by atoms with Crippen molar-refractivity contribution in [3.63, 3.8) is 0 Å². The number of carbonyl (C=O) groups excluding carboxylic acids is 1. The number of cyclic esters (lactones) is 1. The van der Waals surface area contributed by atoms with Gasteiger partial charge in [0.15, 0.2) is 0 Å². The Morgan fingerprint density at radius 2 is 1.92 bits per heavy atom. The minimum atomic E-state index is -0.191. The Hall–Kier alpha value is -1.65. The third-order valence-electron chi connectivity index (χ3n) is 3.94. The average Bonchev–Trinajstić information content (AvgIpc) is 2.85. The number of hydrogen-bond donors (Lipinski definition) is 2. The van der Waals surface area contributed by atoms with Crippen LogP contribution < -0.4 is 0 Å². The maximum Gasteiger partial charge on any atom is 0.334 e. The van der Waals surface area contributed by atoms with Crippen LogP contribution in [0.3, 0.4) is 0 Å². The molecule has 24 heavy (non-hydrogen) atoms. The first-order valence-electron chi connectivity index (χ1n) is 8.56. The summed E-state index contributed by atoms with van der Waals surface area (Å²) < 4.78 is 5.41. The minimum Gasteiger partial charge on any atom is -0.454 e. The van der Waals surface area contributed by atoms with Crippen molar-refractivity contribution in [1.29, 1.82) is 0 Å². The zero-order valence-electron chi connectivity index (χ0n) is 15.0. The summed E-state index contributed by atoms with van der Waals surface area (Å²) in [6, 6.07) is 0. The lowest BCUT2D eigenvalue weighted by atomic mass is 10.0. The highest BCUT2D eigenvalue weighted by Gasteiger charge is 2.24. The fraction of sp³-hybridized carbons (Fsp3) is 0.550. The second-order valence-corrected chi connectivity index (χ2v) is 6.45. The Balaban J connectivity index is 2.46. The van der Waals surface area contributed by atoms with Crippen molar-refractivity contribution in [2.24, 2.45) is 0 Å². The number of esters is 1. The molecule has 4 nitrogen and oxygen atoms in total. The first kappa shape index (κ1) is 20.4. The molecule has 0 aliphatic carbocycles. The van der Waals surface area contributed by atoms with Crippen LogP contribution in [0.5, 0.6) is 0 Å². The van der Waals surface area contributed by atoms with Crippen molar-refractivity contribution in [2.45, 2.75) is 59.0 Å². The molecule has 0 amide bonds. The maximum atomic E-state index is 11.9. The van der Waals surface area contributed by atoms with Gasteiger partial charge in [-0.25, -0.2) is 4.79 Å². The lowest BCUT2D eigenvalue weighted by molar-refractivity contribution is -0.139. The van der Waals surface area contributed by atoms with E-state index in [1.165, 1.54) is 5.57 Å². The van der Waals surface area contributed by atoms with Crippen LogP contribution >= 0.6 is 0 Å². The van der Waals surface area contributed by atoms with E-state index in [9.17, 15) is 4.79 Å². The molecule has 0 fully saturated rings. The van der Waals surface area contributed by atoms with Crippen LogP contribution in [0.4, 0.5) is 0 Å². The van der Waals surface area contributed by atoms with E-state index in [0.29, 0.717) is 6.42 Å². The largest absolute Gasteiger partial charge is 0.454 e. The Bertz CT molecular complexity index is 534. The van der Waals surface area contributed by atoms with Crippen molar-refractivity contribution in [1.82, 2.24) is 0 Å². The Morgan fingerprint density at radius 3 is 2.54 bits per heavy atom. The third kappa shape index (κ3) is 7.75. The highest BCUT2D eigenvalue weighted by molar-refractivity contribution is 5.90. The summed E-state index contributed by atoms with van der Waals surface area (Å²) in [6.45, 7) is 6.06. The van der Waals surface area contributed by atoms with Gasteiger partial charge in [0.1, 0.15) is 6.10 Å². The first-order valence-corrected chi connectivity index (χ1v) is 8.56. The van der Waals surface area contributed by atoms with Gasteiger partial charge in [0.05, 0.1) is 13.2 Å². The van der Waals surface area contributed by atoms with Crippen molar-refractivity contribution in [2.75, 3.05) is 13.2 Å². The molecule has 1 heterocycles. The second-order valence-electron chi connectivity index (χ2n) is 6.45. The minimum absolute atomic E-state index is 0.0224. The molecule has 0 spiro atoms. The second kappa shape index (κ2) is 11.0.